The summed E-state index contributed by atoms with van der Waals surface area (Å²) in [6.07, 6.45) is 0. The summed E-state index contributed by atoms with van der Waals surface area (Å²) >= 11 is 1.36. The molecule has 0 atom stereocenters. The van der Waals surface area contributed by atoms with Crippen LogP contribution in [0.5, 0.6) is 0 Å². The zero-order valence-electron chi connectivity index (χ0n) is 17.0. The lowest BCUT2D eigenvalue weighted by atomic mass is 9.95. The first-order valence-corrected chi connectivity index (χ1v) is 10.3. The summed E-state index contributed by atoms with van der Waals surface area (Å²) in [6, 6.07) is 17.2. The van der Waals surface area contributed by atoms with E-state index < -0.39 is 5.41 Å². The molecule has 0 aliphatic carbocycles. The van der Waals surface area contributed by atoms with Crippen LogP contribution in [0.1, 0.15) is 40.8 Å². The molecule has 0 saturated heterocycles. The summed E-state index contributed by atoms with van der Waals surface area (Å²) < 4.78 is 0. The smallest absolute Gasteiger partial charge is 0.265 e. The highest BCUT2D eigenvalue weighted by Gasteiger charge is 2.21. The minimum absolute atomic E-state index is 0.105. The molecule has 1 aromatic heterocycles. The largest absolute Gasteiger partial charge is 0.326 e. The van der Waals surface area contributed by atoms with E-state index in [9.17, 15) is 14.4 Å². The van der Waals surface area contributed by atoms with Crippen LogP contribution in [-0.4, -0.2) is 17.7 Å². The maximum atomic E-state index is 12.5. The molecule has 30 heavy (non-hydrogen) atoms. The molecule has 0 radical (unpaired) electrons. The van der Waals surface area contributed by atoms with Crippen molar-refractivity contribution < 1.29 is 14.4 Å². The molecule has 3 amide bonds. The Bertz CT molecular complexity index is 1050. The van der Waals surface area contributed by atoms with E-state index >= 15 is 0 Å². The van der Waals surface area contributed by atoms with Gasteiger partial charge in [-0.1, -0.05) is 32.9 Å². The van der Waals surface area contributed by atoms with Crippen LogP contribution >= 0.6 is 11.3 Å². The predicted molar refractivity (Wildman–Crippen MR) is 121 cm³/mol. The molecule has 0 unspecified atom stereocenters. The highest BCUT2D eigenvalue weighted by Crippen LogP contribution is 2.21. The van der Waals surface area contributed by atoms with Crippen molar-refractivity contribution >= 4 is 46.1 Å². The molecular formula is C23H23N3O3S. The summed E-state index contributed by atoms with van der Waals surface area (Å²) in [7, 11) is 0. The Morgan fingerprint density at radius 2 is 1.37 bits per heavy atom. The molecule has 6 nitrogen and oxygen atoms in total. The normalized spacial score (nSPS) is 10.9. The van der Waals surface area contributed by atoms with Crippen molar-refractivity contribution in [1.29, 1.82) is 0 Å². The molecule has 0 aliphatic heterocycles. The average Bonchev–Trinajstić information content (AvgIpc) is 3.23. The zero-order chi connectivity index (χ0) is 21.7. The Hall–Kier alpha value is -3.45. The van der Waals surface area contributed by atoms with Gasteiger partial charge < -0.3 is 16.0 Å². The molecular weight excluding hydrogens is 398 g/mol. The van der Waals surface area contributed by atoms with E-state index in [0.29, 0.717) is 27.5 Å². The van der Waals surface area contributed by atoms with Gasteiger partial charge in [-0.3, -0.25) is 14.4 Å². The quantitative estimate of drug-likeness (QED) is 0.527. The third-order valence-corrected chi connectivity index (χ3v) is 5.08. The molecule has 0 fully saturated rings. The van der Waals surface area contributed by atoms with E-state index in [1.807, 2.05) is 32.2 Å². The van der Waals surface area contributed by atoms with Gasteiger partial charge in [0.15, 0.2) is 0 Å². The summed E-state index contributed by atoms with van der Waals surface area (Å²) in [6.45, 7) is 5.50. The summed E-state index contributed by atoms with van der Waals surface area (Å²) in [5.74, 6) is -0.576. The van der Waals surface area contributed by atoms with Crippen LogP contribution < -0.4 is 16.0 Å². The second-order valence-corrected chi connectivity index (χ2v) is 8.70. The fourth-order valence-corrected chi connectivity index (χ4v) is 3.12. The van der Waals surface area contributed by atoms with Crippen molar-refractivity contribution in [3.63, 3.8) is 0 Å². The monoisotopic (exact) mass is 421 g/mol. The maximum absolute atomic E-state index is 12.5. The number of thiophene rings is 1. The number of hydrogen-bond acceptors (Lipinski definition) is 4. The lowest BCUT2D eigenvalue weighted by Gasteiger charge is -2.18. The average molecular weight is 422 g/mol. The standard InChI is InChI=1S/C23H23N3O3S/c1-23(2,3)22(29)26-18-7-4-6-17(14-18)25-20(27)15-9-11-16(12-10-15)24-21(28)19-8-5-13-30-19/h4-14H,1-3H3,(H,24,28)(H,25,27)(H,26,29). The Labute approximate surface area is 179 Å². The van der Waals surface area contributed by atoms with Gasteiger partial charge in [-0.05, 0) is 53.9 Å². The molecule has 3 N–H and O–H groups in total. The van der Waals surface area contributed by atoms with Crippen molar-refractivity contribution in [2.24, 2.45) is 5.41 Å². The van der Waals surface area contributed by atoms with Crippen LogP contribution in [0.3, 0.4) is 0 Å². The number of carbonyl (C=O) groups is 3. The molecule has 3 rings (SSSR count). The van der Waals surface area contributed by atoms with Gasteiger partial charge in [-0.2, -0.15) is 0 Å². The number of rotatable bonds is 5. The van der Waals surface area contributed by atoms with Crippen LogP contribution in [0.4, 0.5) is 17.1 Å². The van der Waals surface area contributed by atoms with Crippen molar-refractivity contribution in [1.82, 2.24) is 0 Å². The van der Waals surface area contributed by atoms with Crippen molar-refractivity contribution in [2.75, 3.05) is 16.0 Å². The second kappa shape index (κ2) is 8.92. The molecule has 0 bridgehead atoms. The van der Waals surface area contributed by atoms with Gasteiger partial charge in [0.1, 0.15) is 0 Å². The van der Waals surface area contributed by atoms with Gasteiger partial charge in [0.2, 0.25) is 5.91 Å². The molecule has 2 aromatic carbocycles. The summed E-state index contributed by atoms with van der Waals surface area (Å²) in [5.41, 5.74) is 1.73. The number of amides is 3. The summed E-state index contributed by atoms with van der Waals surface area (Å²) in [5, 5.41) is 10.3. The van der Waals surface area contributed by atoms with Crippen LogP contribution in [0.2, 0.25) is 0 Å². The van der Waals surface area contributed by atoms with E-state index in [1.54, 1.807) is 54.6 Å². The molecule has 154 valence electrons. The third kappa shape index (κ3) is 5.55. The van der Waals surface area contributed by atoms with Crippen molar-refractivity contribution in [3.05, 3.63) is 76.5 Å². The number of benzene rings is 2. The minimum Gasteiger partial charge on any atom is -0.326 e. The van der Waals surface area contributed by atoms with Gasteiger partial charge in [0.05, 0.1) is 4.88 Å². The number of anilines is 3. The van der Waals surface area contributed by atoms with Gasteiger partial charge in [0.25, 0.3) is 11.8 Å². The molecule has 0 aliphatic rings. The van der Waals surface area contributed by atoms with E-state index in [1.165, 1.54) is 11.3 Å². The van der Waals surface area contributed by atoms with E-state index in [0.717, 1.165) is 0 Å². The number of hydrogen-bond donors (Lipinski definition) is 3. The fourth-order valence-electron chi connectivity index (χ4n) is 2.50. The van der Waals surface area contributed by atoms with Gasteiger partial charge in [-0.25, -0.2) is 0 Å². The highest BCUT2D eigenvalue weighted by atomic mass is 32.1. The van der Waals surface area contributed by atoms with Crippen LogP contribution in [0.25, 0.3) is 0 Å². The number of nitrogens with one attached hydrogen (secondary N) is 3. The first-order valence-electron chi connectivity index (χ1n) is 9.40. The van der Waals surface area contributed by atoms with Gasteiger partial charge >= 0.3 is 0 Å². The fraction of sp³-hybridized carbons (Fsp3) is 0.174. The van der Waals surface area contributed by atoms with Crippen LogP contribution in [-0.2, 0) is 4.79 Å². The van der Waals surface area contributed by atoms with Crippen LogP contribution in [0.15, 0.2) is 66.0 Å². The van der Waals surface area contributed by atoms with Gasteiger partial charge in [0, 0.05) is 28.0 Å². The Morgan fingerprint density at radius 3 is 1.97 bits per heavy atom. The molecule has 1 heterocycles. The lowest BCUT2D eigenvalue weighted by molar-refractivity contribution is -0.123. The van der Waals surface area contributed by atoms with E-state index in [4.69, 9.17) is 0 Å². The SMILES string of the molecule is CC(C)(C)C(=O)Nc1cccc(NC(=O)c2ccc(NC(=O)c3cccs3)cc2)c1. The van der Waals surface area contributed by atoms with E-state index in [-0.39, 0.29) is 17.7 Å². The van der Waals surface area contributed by atoms with Crippen molar-refractivity contribution in [3.8, 4) is 0 Å². The molecule has 7 heteroatoms. The Balaban J connectivity index is 1.62. The van der Waals surface area contributed by atoms with Gasteiger partial charge in [-0.15, -0.1) is 11.3 Å². The molecule has 0 saturated carbocycles. The summed E-state index contributed by atoms with van der Waals surface area (Å²) in [4.78, 5) is 37.4. The predicted octanol–water partition coefficient (Wildman–Crippen LogP) is 5.24. The highest BCUT2D eigenvalue weighted by molar-refractivity contribution is 7.12. The maximum Gasteiger partial charge on any atom is 0.265 e. The molecule has 3 aromatic rings. The minimum atomic E-state index is -0.514. The Morgan fingerprint density at radius 1 is 0.733 bits per heavy atom. The lowest BCUT2D eigenvalue weighted by Crippen LogP contribution is -2.27. The topological polar surface area (TPSA) is 87.3 Å². The van der Waals surface area contributed by atoms with Crippen molar-refractivity contribution in [2.45, 2.75) is 20.8 Å². The first kappa shape index (κ1) is 21.3. The number of carbonyl (C=O) groups excluding carboxylic acids is 3. The second-order valence-electron chi connectivity index (χ2n) is 7.75. The third-order valence-electron chi connectivity index (χ3n) is 4.21. The first-order chi connectivity index (χ1) is 14.2. The van der Waals surface area contributed by atoms with E-state index in [2.05, 4.69) is 16.0 Å². The van der Waals surface area contributed by atoms with Crippen LogP contribution in [0, 0.1) is 5.41 Å². The molecule has 0 spiro atoms. The Kier molecular flexibility index (Phi) is 6.32. The zero-order valence-corrected chi connectivity index (χ0v) is 17.8.